The monoisotopic (exact) mass is 272 g/mol. The molecule has 1 N–H and O–H groups in total. The standard InChI is InChI=1S/C11H16N2O4S/c1-12-9(7-17-2)8-18(16)11-6-4-3-5-10(11)13(14)15/h3-6,9,12H,7-8H2,1-2H3. The summed E-state index contributed by atoms with van der Waals surface area (Å²) in [5.41, 5.74) is -0.108. The maximum absolute atomic E-state index is 12.1. The molecule has 0 aliphatic heterocycles. The molecule has 6 nitrogen and oxygen atoms in total. The first-order valence-electron chi connectivity index (χ1n) is 5.38. The molecular weight excluding hydrogens is 256 g/mol. The summed E-state index contributed by atoms with van der Waals surface area (Å²) in [6.45, 7) is 0.406. The van der Waals surface area contributed by atoms with Gasteiger partial charge in [-0.25, -0.2) is 0 Å². The van der Waals surface area contributed by atoms with Gasteiger partial charge in [0.2, 0.25) is 0 Å². The molecule has 1 rings (SSSR count). The molecule has 0 spiro atoms. The summed E-state index contributed by atoms with van der Waals surface area (Å²) in [5, 5.41) is 13.8. The Morgan fingerprint density at radius 2 is 2.17 bits per heavy atom. The van der Waals surface area contributed by atoms with E-state index in [1.54, 1.807) is 26.3 Å². The van der Waals surface area contributed by atoms with E-state index < -0.39 is 15.7 Å². The van der Waals surface area contributed by atoms with Crippen molar-refractivity contribution in [2.75, 3.05) is 26.5 Å². The minimum atomic E-state index is -1.43. The molecule has 0 aliphatic rings. The van der Waals surface area contributed by atoms with E-state index in [2.05, 4.69) is 5.32 Å². The molecule has 0 radical (unpaired) electrons. The zero-order valence-corrected chi connectivity index (χ0v) is 11.1. The average molecular weight is 272 g/mol. The zero-order chi connectivity index (χ0) is 13.5. The van der Waals surface area contributed by atoms with Crippen LogP contribution in [0.1, 0.15) is 0 Å². The number of methoxy groups -OCH3 is 1. The number of nitro groups is 1. The topological polar surface area (TPSA) is 81.5 Å². The molecule has 0 saturated heterocycles. The van der Waals surface area contributed by atoms with Gasteiger partial charge in [0.05, 0.1) is 22.3 Å². The Morgan fingerprint density at radius 3 is 2.72 bits per heavy atom. The van der Waals surface area contributed by atoms with Crippen LogP contribution < -0.4 is 5.32 Å². The second-order valence-electron chi connectivity index (χ2n) is 3.68. The van der Waals surface area contributed by atoms with Gasteiger partial charge in [0.1, 0.15) is 4.90 Å². The van der Waals surface area contributed by atoms with Crippen LogP contribution in [0.5, 0.6) is 0 Å². The SMILES string of the molecule is CNC(COC)CS(=O)c1ccccc1[N+](=O)[O-]. The number of nitrogens with zero attached hydrogens (tertiary/aromatic N) is 1. The van der Waals surface area contributed by atoms with E-state index in [0.29, 0.717) is 6.61 Å². The first-order chi connectivity index (χ1) is 8.60. The Morgan fingerprint density at radius 1 is 1.50 bits per heavy atom. The predicted octanol–water partition coefficient (Wildman–Crippen LogP) is 0.937. The van der Waals surface area contributed by atoms with Crippen LogP contribution in [0.3, 0.4) is 0 Å². The number of ether oxygens (including phenoxy) is 1. The summed E-state index contributed by atoms with van der Waals surface area (Å²) in [5.74, 6) is 0.273. The van der Waals surface area contributed by atoms with Gasteiger partial charge in [0.25, 0.3) is 5.69 Å². The molecule has 1 aromatic rings. The number of nitrogens with one attached hydrogen (secondary N) is 1. The van der Waals surface area contributed by atoms with Gasteiger partial charge < -0.3 is 10.1 Å². The molecule has 2 atom stereocenters. The molecule has 18 heavy (non-hydrogen) atoms. The van der Waals surface area contributed by atoms with Gasteiger partial charge in [0, 0.05) is 25.0 Å². The maximum Gasteiger partial charge on any atom is 0.285 e. The van der Waals surface area contributed by atoms with Crippen molar-refractivity contribution in [3.63, 3.8) is 0 Å². The van der Waals surface area contributed by atoms with Crippen LogP contribution in [-0.4, -0.2) is 41.7 Å². The van der Waals surface area contributed by atoms with Crippen molar-refractivity contribution in [2.45, 2.75) is 10.9 Å². The van der Waals surface area contributed by atoms with Gasteiger partial charge in [-0.2, -0.15) is 0 Å². The van der Waals surface area contributed by atoms with Crippen LogP contribution in [0.4, 0.5) is 5.69 Å². The highest BCUT2D eigenvalue weighted by Gasteiger charge is 2.20. The molecule has 0 amide bonds. The normalized spacial score (nSPS) is 14.1. The van der Waals surface area contributed by atoms with Gasteiger partial charge in [-0.3, -0.25) is 14.3 Å². The quantitative estimate of drug-likeness (QED) is 0.590. The summed E-state index contributed by atoms with van der Waals surface area (Å²) < 4.78 is 17.1. The van der Waals surface area contributed by atoms with Crippen molar-refractivity contribution < 1.29 is 13.9 Å². The van der Waals surface area contributed by atoms with Crippen molar-refractivity contribution in [3.05, 3.63) is 34.4 Å². The molecule has 7 heteroatoms. The summed E-state index contributed by atoms with van der Waals surface area (Å²) in [6, 6.07) is 5.98. The lowest BCUT2D eigenvalue weighted by atomic mass is 10.3. The second-order valence-corrected chi connectivity index (χ2v) is 5.14. The third-order valence-electron chi connectivity index (χ3n) is 2.44. The molecule has 1 aromatic carbocycles. The fraction of sp³-hybridized carbons (Fsp3) is 0.455. The Labute approximate surface area is 108 Å². The lowest BCUT2D eigenvalue weighted by Gasteiger charge is -2.14. The van der Waals surface area contributed by atoms with Crippen molar-refractivity contribution in [2.24, 2.45) is 0 Å². The largest absolute Gasteiger partial charge is 0.383 e. The van der Waals surface area contributed by atoms with Gasteiger partial charge in [-0.05, 0) is 13.1 Å². The van der Waals surface area contributed by atoms with E-state index in [1.807, 2.05) is 0 Å². The number of likely N-dealkylation sites (N-methyl/N-ethyl adjacent to an activating group) is 1. The highest BCUT2D eigenvalue weighted by Crippen LogP contribution is 2.21. The van der Waals surface area contributed by atoms with E-state index in [0.717, 1.165) is 0 Å². The number of hydrogen-bond donors (Lipinski definition) is 1. The molecule has 2 unspecified atom stereocenters. The third-order valence-corrected chi connectivity index (χ3v) is 3.98. The zero-order valence-electron chi connectivity index (χ0n) is 10.3. The average Bonchev–Trinajstić information content (AvgIpc) is 2.38. The van der Waals surface area contributed by atoms with E-state index in [1.165, 1.54) is 12.1 Å². The summed E-state index contributed by atoms with van der Waals surface area (Å²) in [4.78, 5) is 10.6. The number of rotatable bonds is 7. The summed E-state index contributed by atoms with van der Waals surface area (Å²) in [7, 11) is 1.86. The number of hydrogen-bond acceptors (Lipinski definition) is 5. The van der Waals surface area contributed by atoms with Crippen LogP contribution in [-0.2, 0) is 15.5 Å². The lowest BCUT2D eigenvalue weighted by Crippen LogP contribution is -2.35. The Kier molecular flexibility index (Phi) is 5.90. The molecule has 0 aliphatic carbocycles. The number of para-hydroxylation sites is 1. The van der Waals surface area contributed by atoms with Crippen molar-refractivity contribution in [3.8, 4) is 0 Å². The highest BCUT2D eigenvalue weighted by atomic mass is 32.2. The molecule has 0 heterocycles. The van der Waals surface area contributed by atoms with E-state index >= 15 is 0 Å². The van der Waals surface area contributed by atoms with Crippen molar-refractivity contribution in [1.29, 1.82) is 0 Å². The van der Waals surface area contributed by atoms with Gasteiger partial charge in [0.15, 0.2) is 0 Å². The Bertz CT molecular complexity index is 439. The summed E-state index contributed by atoms with van der Waals surface area (Å²) in [6.07, 6.45) is 0. The molecule has 0 fully saturated rings. The third kappa shape index (κ3) is 3.86. The molecule has 0 saturated carbocycles. The van der Waals surface area contributed by atoms with Crippen molar-refractivity contribution >= 4 is 16.5 Å². The fourth-order valence-electron chi connectivity index (χ4n) is 1.49. The van der Waals surface area contributed by atoms with Crippen LogP contribution in [0.2, 0.25) is 0 Å². The number of benzene rings is 1. The first kappa shape index (κ1) is 14.7. The predicted molar refractivity (Wildman–Crippen MR) is 69.1 cm³/mol. The van der Waals surface area contributed by atoms with Gasteiger partial charge in [-0.1, -0.05) is 12.1 Å². The van der Waals surface area contributed by atoms with Crippen molar-refractivity contribution in [1.82, 2.24) is 5.32 Å². The molecule has 0 aromatic heterocycles. The van der Waals surface area contributed by atoms with Gasteiger partial charge >= 0.3 is 0 Å². The minimum absolute atomic E-state index is 0.101. The Hall–Kier alpha value is -1.31. The Balaban J connectivity index is 2.87. The molecule has 100 valence electrons. The maximum atomic E-state index is 12.1. The van der Waals surface area contributed by atoms with E-state index in [4.69, 9.17) is 4.74 Å². The van der Waals surface area contributed by atoms with E-state index in [-0.39, 0.29) is 22.4 Å². The first-order valence-corrected chi connectivity index (χ1v) is 6.70. The van der Waals surface area contributed by atoms with E-state index in [9.17, 15) is 14.3 Å². The number of nitro benzene ring substituents is 1. The minimum Gasteiger partial charge on any atom is -0.383 e. The van der Waals surface area contributed by atoms with Crippen LogP contribution >= 0.6 is 0 Å². The van der Waals surface area contributed by atoms with Gasteiger partial charge in [-0.15, -0.1) is 0 Å². The van der Waals surface area contributed by atoms with Crippen LogP contribution in [0.25, 0.3) is 0 Å². The highest BCUT2D eigenvalue weighted by molar-refractivity contribution is 7.85. The molecular formula is C11H16N2O4S. The lowest BCUT2D eigenvalue weighted by molar-refractivity contribution is -0.387. The molecule has 0 bridgehead atoms. The summed E-state index contributed by atoms with van der Waals surface area (Å²) >= 11 is 0. The van der Waals surface area contributed by atoms with Crippen LogP contribution in [0, 0.1) is 10.1 Å². The fourth-order valence-corrected chi connectivity index (χ4v) is 2.90. The smallest absolute Gasteiger partial charge is 0.285 e. The second kappa shape index (κ2) is 7.20. The van der Waals surface area contributed by atoms with Crippen LogP contribution in [0.15, 0.2) is 29.2 Å².